The molecule has 0 radical (unpaired) electrons. The Morgan fingerprint density at radius 1 is 1.35 bits per heavy atom. The van der Waals surface area contributed by atoms with Crippen molar-refractivity contribution in [1.82, 2.24) is 4.90 Å². The zero-order chi connectivity index (χ0) is 17.1. The minimum atomic E-state index is -4.74. The van der Waals surface area contributed by atoms with Crippen LogP contribution in [-0.4, -0.2) is 34.9 Å². The number of carbonyl (C=O) groups excluding carboxylic acids is 1. The summed E-state index contributed by atoms with van der Waals surface area (Å²) in [5.41, 5.74) is -0.409. The fourth-order valence-electron chi connectivity index (χ4n) is 2.83. The number of aliphatic hydroxyl groups is 1. The molecule has 0 aliphatic heterocycles. The minimum Gasteiger partial charge on any atom is -0.406 e. The van der Waals surface area contributed by atoms with Gasteiger partial charge in [-0.15, -0.1) is 13.2 Å². The molecule has 2 rings (SSSR count). The van der Waals surface area contributed by atoms with Gasteiger partial charge in [0.05, 0.1) is 12.0 Å². The third-order valence-electron chi connectivity index (χ3n) is 3.99. The molecule has 0 heterocycles. The van der Waals surface area contributed by atoms with Crippen molar-refractivity contribution in [2.75, 3.05) is 7.05 Å². The summed E-state index contributed by atoms with van der Waals surface area (Å²) in [6, 6.07) is 5.53. The summed E-state index contributed by atoms with van der Waals surface area (Å²) in [5.74, 6) is -0.540. The fourth-order valence-corrected chi connectivity index (χ4v) is 2.83. The Morgan fingerprint density at radius 3 is 2.61 bits per heavy atom. The van der Waals surface area contributed by atoms with Crippen molar-refractivity contribution < 1.29 is 27.8 Å². The number of benzene rings is 1. The first kappa shape index (κ1) is 17.6. The normalized spacial score (nSPS) is 17.1. The number of ether oxygens (including phenoxy) is 1. The van der Waals surface area contributed by atoms with Gasteiger partial charge in [-0.1, -0.05) is 25.0 Å². The number of alkyl halides is 3. The third kappa shape index (κ3) is 5.42. The number of nitrogens with zero attached hydrogens (tertiary/aromatic N) is 1. The Hall–Kier alpha value is -1.76. The zero-order valence-electron chi connectivity index (χ0n) is 12.9. The zero-order valence-corrected chi connectivity index (χ0v) is 12.9. The van der Waals surface area contributed by atoms with Crippen molar-refractivity contribution in [2.45, 2.75) is 50.6 Å². The summed E-state index contributed by atoms with van der Waals surface area (Å²) >= 11 is 0. The van der Waals surface area contributed by atoms with Crippen LogP contribution in [0.1, 0.15) is 37.7 Å². The number of amides is 1. The van der Waals surface area contributed by atoms with Gasteiger partial charge in [0.1, 0.15) is 5.75 Å². The van der Waals surface area contributed by atoms with E-state index in [2.05, 4.69) is 4.74 Å². The van der Waals surface area contributed by atoms with E-state index >= 15 is 0 Å². The quantitative estimate of drug-likeness (QED) is 0.901. The first-order valence-corrected chi connectivity index (χ1v) is 7.48. The van der Waals surface area contributed by atoms with Gasteiger partial charge in [-0.3, -0.25) is 4.79 Å². The van der Waals surface area contributed by atoms with Crippen LogP contribution >= 0.6 is 0 Å². The molecule has 0 aromatic heterocycles. The molecule has 128 valence electrons. The maximum absolute atomic E-state index is 12.2. The molecule has 0 atom stereocenters. The maximum atomic E-state index is 12.2. The van der Waals surface area contributed by atoms with Crippen LogP contribution in [0.25, 0.3) is 0 Å². The Morgan fingerprint density at radius 2 is 2.00 bits per heavy atom. The minimum absolute atomic E-state index is 0.0439. The Labute approximate surface area is 132 Å². The average molecular weight is 331 g/mol. The van der Waals surface area contributed by atoms with Crippen molar-refractivity contribution in [3.63, 3.8) is 0 Å². The molecule has 1 aromatic rings. The van der Waals surface area contributed by atoms with Crippen molar-refractivity contribution in [3.8, 4) is 5.75 Å². The third-order valence-corrected chi connectivity index (χ3v) is 3.99. The van der Waals surface area contributed by atoms with E-state index in [0.717, 1.165) is 12.8 Å². The van der Waals surface area contributed by atoms with Crippen LogP contribution in [0.3, 0.4) is 0 Å². The van der Waals surface area contributed by atoms with Crippen LogP contribution in [0.4, 0.5) is 13.2 Å². The number of hydrogen-bond acceptors (Lipinski definition) is 3. The van der Waals surface area contributed by atoms with Crippen LogP contribution < -0.4 is 4.74 Å². The van der Waals surface area contributed by atoms with Crippen molar-refractivity contribution in [3.05, 3.63) is 29.8 Å². The molecule has 1 amide bonds. The van der Waals surface area contributed by atoms with Gasteiger partial charge in [-0.05, 0) is 30.5 Å². The molecule has 0 bridgehead atoms. The van der Waals surface area contributed by atoms with Crippen molar-refractivity contribution in [1.29, 1.82) is 0 Å². The second-order valence-electron chi connectivity index (χ2n) is 6.05. The van der Waals surface area contributed by atoms with E-state index in [1.54, 1.807) is 13.1 Å². The second-order valence-corrected chi connectivity index (χ2v) is 6.05. The molecule has 7 heteroatoms. The monoisotopic (exact) mass is 331 g/mol. The topological polar surface area (TPSA) is 49.8 Å². The van der Waals surface area contributed by atoms with E-state index in [9.17, 15) is 23.1 Å². The standard InChI is InChI=1S/C16H20F3NO3/c1-20(14(21)10-15(22)7-2-3-8-15)11-12-5-4-6-13(9-12)23-16(17,18)19/h4-6,9,22H,2-3,7-8,10-11H2,1H3. The van der Waals surface area contributed by atoms with Crippen molar-refractivity contribution >= 4 is 5.91 Å². The van der Waals surface area contributed by atoms with Gasteiger partial charge in [0.2, 0.25) is 5.91 Å². The first-order chi connectivity index (χ1) is 10.7. The molecule has 1 saturated carbocycles. The average Bonchev–Trinajstić information content (AvgIpc) is 2.83. The number of rotatable bonds is 5. The molecule has 1 aromatic carbocycles. The summed E-state index contributed by atoms with van der Waals surface area (Å²) in [4.78, 5) is 13.6. The van der Waals surface area contributed by atoms with E-state index in [1.165, 1.54) is 23.1 Å². The second kappa shape index (κ2) is 6.78. The SMILES string of the molecule is CN(Cc1cccc(OC(F)(F)F)c1)C(=O)CC1(O)CCCC1. The summed E-state index contributed by atoms with van der Waals surface area (Å²) < 4.78 is 40.5. The van der Waals surface area contributed by atoms with Crippen molar-refractivity contribution in [2.24, 2.45) is 0 Å². The molecule has 1 aliphatic carbocycles. The largest absolute Gasteiger partial charge is 0.573 e. The van der Waals surface area contributed by atoms with Gasteiger partial charge in [-0.2, -0.15) is 0 Å². The van der Waals surface area contributed by atoms with Gasteiger partial charge < -0.3 is 14.7 Å². The predicted molar refractivity (Wildman–Crippen MR) is 77.6 cm³/mol. The van der Waals surface area contributed by atoms with Gasteiger partial charge >= 0.3 is 6.36 Å². The summed E-state index contributed by atoms with van der Waals surface area (Å²) in [5, 5.41) is 10.3. The Bertz CT molecular complexity index is 554. The number of carbonyl (C=O) groups is 1. The summed E-state index contributed by atoms with van der Waals surface area (Å²) in [7, 11) is 1.57. The molecule has 0 saturated heterocycles. The molecule has 4 nitrogen and oxygen atoms in total. The first-order valence-electron chi connectivity index (χ1n) is 7.48. The fraction of sp³-hybridized carbons (Fsp3) is 0.562. The van der Waals surface area contributed by atoms with Gasteiger partial charge in [-0.25, -0.2) is 0 Å². The van der Waals surface area contributed by atoms with E-state index in [-0.39, 0.29) is 24.6 Å². The van der Waals surface area contributed by atoms with Gasteiger partial charge in [0.25, 0.3) is 0 Å². The lowest BCUT2D eigenvalue weighted by molar-refractivity contribution is -0.274. The van der Waals surface area contributed by atoms with E-state index < -0.39 is 12.0 Å². The van der Waals surface area contributed by atoms with Crippen LogP contribution in [0.5, 0.6) is 5.75 Å². The van der Waals surface area contributed by atoms with Gasteiger partial charge in [0.15, 0.2) is 0 Å². The van der Waals surface area contributed by atoms with Crippen LogP contribution in [-0.2, 0) is 11.3 Å². The summed E-state index contributed by atoms with van der Waals surface area (Å²) in [6.07, 6.45) is -1.66. The lowest BCUT2D eigenvalue weighted by atomic mass is 9.97. The van der Waals surface area contributed by atoms with Gasteiger partial charge in [0, 0.05) is 13.6 Å². The van der Waals surface area contributed by atoms with E-state index in [4.69, 9.17) is 0 Å². The van der Waals surface area contributed by atoms with E-state index in [0.29, 0.717) is 18.4 Å². The maximum Gasteiger partial charge on any atom is 0.573 e. The predicted octanol–water partition coefficient (Wildman–Crippen LogP) is 3.24. The number of hydrogen-bond donors (Lipinski definition) is 1. The van der Waals surface area contributed by atoms with Crippen LogP contribution in [0.15, 0.2) is 24.3 Å². The Kier molecular flexibility index (Phi) is 5.19. The molecule has 23 heavy (non-hydrogen) atoms. The molecule has 0 unspecified atom stereocenters. The molecule has 0 spiro atoms. The van der Waals surface area contributed by atoms with Crippen LogP contribution in [0, 0.1) is 0 Å². The number of halogens is 3. The van der Waals surface area contributed by atoms with E-state index in [1.807, 2.05) is 0 Å². The molecular weight excluding hydrogens is 311 g/mol. The lowest BCUT2D eigenvalue weighted by Crippen LogP contribution is -2.35. The smallest absolute Gasteiger partial charge is 0.406 e. The highest BCUT2D eigenvalue weighted by molar-refractivity contribution is 5.77. The highest BCUT2D eigenvalue weighted by Crippen LogP contribution is 2.33. The highest BCUT2D eigenvalue weighted by atomic mass is 19.4. The molecule has 1 N–H and O–H groups in total. The lowest BCUT2D eigenvalue weighted by Gasteiger charge is -2.25. The Balaban J connectivity index is 1.95. The summed E-state index contributed by atoms with van der Waals surface area (Å²) in [6.45, 7) is 0.157. The highest BCUT2D eigenvalue weighted by Gasteiger charge is 2.34. The molecule has 1 fully saturated rings. The van der Waals surface area contributed by atoms with Crippen LogP contribution in [0.2, 0.25) is 0 Å². The molecule has 1 aliphatic rings. The molecular formula is C16H20F3NO3.